The number of nitrogens with one attached hydrogen (secondary N) is 1. The van der Waals surface area contributed by atoms with Crippen molar-refractivity contribution >= 4 is 6.21 Å². The van der Waals surface area contributed by atoms with E-state index in [-0.39, 0.29) is 11.5 Å². The molecule has 0 bridgehead atoms. The summed E-state index contributed by atoms with van der Waals surface area (Å²) in [6, 6.07) is 1.99. The van der Waals surface area contributed by atoms with Crippen LogP contribution in [0.15, 0.2) is 76.8 Å². The first-order valence-corrected chi connectivity index (χ1v) is 21.9. The molecule has 0 amide bonds. The molecule has 6 nitrogen and oxygen atoms in total. The van der Waals surface area contributed by atoms with E-state index in [9.17, 15) is 0 Å². The summed E-state index contributed by atoms with van der Waals surface area (Å²) in [6.45, 7) is 9.71. The first-order valence-electron chi connectivity index (χ1n) is 21.9. The van der Waals surface area contributed by atoms with Crippen LogP contribution < -0.4 is 5.32 Å². The molecule has 288 valence electrons. The van der Waals surface area contributed by atoms with Crippen molar-refractivity contribution < 1.29 is 9.47 Å². The number of rotatable bonds is 9. The molecule has 2 aliphatic heterocycles. The molecule has 0 saturated heterocycles. The summed E-state index contributed by atoms with van der Waals surface area (Å²) in [7, 11) is 3.77. The first-order chi connectivity index (χ1) is 25.9. The normalized spacial score (nSPS) is 43.7. The fraction of sp³-hybridized carbons (Fsp3) is 0.723. The Morgan fingerprint density at radius 1 is 0.887 bits per heavy atom. The standard InChI is InChI=1S/C47H68N4O2/c1-6-30-27-43(51(35-20-25-49-26-21-35)33-9-13-37(53-5)14-10-33)40-29-41-44-31(17-22-47(41,2)3)28-42(39-16-15-38(30)45(40)46(39)44)50(34-18-23-48-24-19-34)32-7-11-36(52-4)12-8-32/h7,9,13,15-16,20,23,25,28-31,33-40,43-46,49H,6,8,10-12,14,17-19,21-22,24,26-27H2,1-5H3. The van der Waals surface area contributed by atoms with Crippen molar-refractivity contribution in [3.63, 3.8) is 0 Å². The maximum absolute atomic E-state index is 5.87. The molecular weight excluding hydrogens is 653 g/mol. The Morgan fingerprint density at radius 2 is 1.77 bits per heavy atom. The summed E-state index contributed by atoms with van der Waals surface area (Å²) >= 11 is 0. The van der Waals surface area contributed by atoms with Gasteiger partial charge in [0.1, 0.15) is 0 Å². The van der Waals surface area contributed by atoms with Gasteiger partial charge in [0, 0.05) is 81.4 Å². The third-order valence-electron chi connectivity index (χ3n) is 16.1. The number of ether oxygens (including phenoxy) is 2. The molecule has 53 heavy (non-hydrogen) atoms. The van der Waals surface area contributed by atoms with E-state index in [1.165, 1.54) is 38.5 Å². The Hall–Kier alpha value is -2.41. The molecule has 9 rings (SSSR count). The van der Waals surface area contributed by atoms with Crippen LogP contribution in [-0.4, -0.2) is 79.7 Å². The predicted molar refractivity (Wildman–Crippen MR) is 216 cm³/mol. The second kappa shape index (κ2) is 14.9. The number of hydrogen-bond acceptors (Lipinski definition) is 6. The Bertz CT molecular complexity index is 1570. The first kappa shape index (κ1) is 36.2. The highest BCUT2D eigenvalue weighted by molar-refractivity contribution is 5.59. The Kier molecular flexibility index (Phi) is 10.2. The highest BCUT2D eigenvalue weighted by Crippen LogP contribution is 2.66. The SMILES string of the molecule is CCC1CC(N(C2C=CNCC2)C2C=CC(OC)CC2)C2C=C3C4C(C=C(N(C5=CCC(OC)CC5)C5CC=NCC5)C5C=CC1C2C54)CCC3(C)C. The summed E-state index contributed by atoms with van der Waals surface area (Å²) in [5.74, 6) is 5.08. The number of hydrogen-bond donors (Lipinski definition) is 1. The van der Waals surface area contributed by atoms with E-state index in [2.05, 4.69) is 96.9 Å². The van der Waals surface area contributed by atoms with Crippen LogP contribution in [0, 0.1) is 52.8 Å². The Balaban J connectivity index is 1.17. The van der Waals surface area contributed by atoms with Gasteiger partial charge in [-0.1, -0.05) is 81.4 Å². The molecule has 6 heteroatoms. The molecule has 9 aliphatic rings. The Morgan fingerprint density at radius 3 is 2.47 bits per heavy atom. The van der Waals surface area contributed by atoms with Gasteiger partial charge < -0.3 is 19.7 Å². The number of nitrogens with zero attached hydrogens (tertiary/aromatic N) is 3. The minimum absolute atomic E-state index is 0.251. The fourth-order valence-electron chi connectivity index (χ4n) is 13.4. The van der Waals surface area contributed by atoms with Crippen LogP contribution in [0.5, 0.6) is 0 Å². The molecule has 2 saturated carbocycles. The van der Waals surface area contributed by atoms with Gasteiger partial charge in [0.05, 0.1) is 12.2 Å². The monoisotopic (exact) mass is 721 g/mol. The van der Waals surface area contributed by atoms with Crippen molar-refractivity contribution in [2.45, 2.75) is 134 Å². The van der Waals surface area contributed by atoms with Crippen molar-refractivity contribution in [3.8, 4) is 0 Å². The van der Waals surface area contributed by atoms with E-state index in [4.69, 9.17) is 14.5 Å². The summed E-state index contributed by atoms with van der Waals surface area (Å²) in [5, 5.41) is 3.54. The second-order valence-corrected chi connectivity index (χ2v) is 18.9. The van der Waals surface area contributed by atoms with E-state index in [1.54, 1.807) is 11.4 Å². The van der Waals surface area contributed by atoms with Crippen LogP contribution >= 0.6 is 0 Å². The van der Waals surface area contributed by atoms with Crippen molar-refractivity contribution in [3.05, 3.63) is 71.8 Å². The zero-order chi connectivity index (χ0) is 36.3. The molecule has 2 fully saturated rings. The van der Waals surface area contributed by atoms with Gasteiger partial charge in [0.15, 0.2) is 0 Å². The van der Waals surface area contributed by atoms with Gasteiger partial charge in [0.25, 0.3) is 0 Å². The fourth-order valence-corrected chi connectivity index (χ4v) is 13.4. The summed E-state index contributed by atoms with van der Waals surface area (Å²) in [4.78, 5) is 10.7. The van der Waals surface area contributed by atoms with Gasteiger partial charge in [-0.2, -0.15) is 0 Å². The molecule has 0 aromatic rings. The van der Waals surface area contributed by atoms with Gasteiger partial charge in [-0.15, -0.1) is 0 Å². The van der Waals surface area contributed by atoms with Gasteiger partial charge in [-0.25, -0.2) is 0 Å². The average Bonchev–Trinajstić information content (AvgIpc) is 3.21. The lowest BCUT2D eigenvalue weighted by atomic mass is 9.43. The van der Waals surface area contributed by atoms with Gasteiger partial charge >= 0.3 is 0 Å². The van der Waals surface area contributed by atoms with Crippen LogP contribution in [0.25, 0.3) is 0 Å². The van der Waals surface area contributed by atoms with E-state index in [0.29, 0.717) is 71.7 Å². The highest BCUT2D eigenvalue weighted by Gasteiger charge is 2.61. The summed E-state index contributed by atoms with van der Waals surface area (Å²) < 4.78 is 11.7. The van der Waals surface area contributed by atoms with Crippen LogP contribution in [0.1, 0.15) is 97.8 Å². The minimum Gasteiger partial charge on any atom is -0.391 e. The lowest BCUT2D eigenvalue weighted by Crippen LogP contribution is -2.63. The van der Waals surface area contributed by atoms with Crippen LogP contribution in [0.3, 0.4) is 0 Å². The maximum atomic E-state index is 5.87. The van der Waals surface area contributed by atoms with Crippen molar-refractivity contribution in [1.29, 1.82) is 0 Å². The third kappa shape index (κ3) is 6.39. The number of aliphatic imine (C=N–C) groups is 1. The van der Waals surface area contributed by atoms with E-state index < -0.39 is 0 Å². The van der Waals surface area contributed by atoms with E-state index >= 15 is 0 Å². The van der Waals surface area contributed by atoms with Crippen molar-refractivity contribution in [1.82, 2.24) is 15.1 Å². The number of methoxy groups -OCH3 is 2. The lowest BCUT2D eigenvalue weighted by Gasteiger charge is -2.64. The molecular formula is C47H68N4O2. The quantitative estimate of drug-likeness (QED) is 0.241. The smallest absolute Gasteiger partial charge is 0.0753 e. The molecule has 0 radical (unpaired) electrons. The van der Waals surface area contributed by atoms with Crippen molar-refractivity contribution in [2.75, 3.05) is 27.3 Å². The average molecular weight is 721 g/mol. The molecule has 0 aromatic carbocycles. The topological polar surface area (TPSA) is 49.3 Å². The van der Waals surface area contributed by atoms with Crippen molar-refractivity contribution in [2.24, 2.45) is 57.8 Å². The van der Waals surface area contributed by atoms with E-state index in [1.807, 2.05) is 19.8 Å². The van der Waals surface area contributed by atoms with Gasteiger partial charge in [-0.3, -0.25) is 9.89 Å². The largest absolute Gasteiger partial charge is 0.391 e. The van der Waals surface area contributed by atoms with Crippen LogP contribution in [-0.2, 0) is 9.47 Å². The minimum atomic E-state index is 0.251. The highest BCUT2D eigenvalue weighted by atomic mass is 16.5. The zero-order valence-electron chi connectivity index (χ0n) is 33.4. The van der Waals surface area contributed by atoms with Gasteiger partial charge in [-0.05, 0) is 117 Å². The number of allylic oxidation sites excluding steroid dienone is 5. The zero-order valence-corrected chi connectivity index (χ0v) is 33.4. The lowest BCUT2D eigenvalue weighted by molar-refractivity contribution is -0.0672. The van der Waals surface area contributed by atoms with Crippen LogP contribution in [0.4, 0.5) is 0 Å². The molecule has 1 N–H and O–H groups in total. The molecule has 7 aliphatic carbocycles. The van der Waals surface area contributed by atoms with Gasteiger partial charge in [0.2, 0.25) is 0 Å². The molecule has 2 heterocycles. The van der Waals surface area contributed by atoms with E-state index in [0.717, 1.165) is 57.5 Å². The van der Waals surface area contributed by atoms with Crippen LogP contribution in [0.2, 0.25) is 0 Å². The maximum Gasteiger partial charge on any atom is 0.0753 e. The summed E-state index contributed by atoms with van der Waals surface area (Å²) in [6.07, 6.45) is 40.6. The second-order valence-electron chi connectivity index (χ2n) is 18.9. The third-order valence-corrected chi connectivity index (χ3v) is 16.1. The Labute approximate surface area is 321 Å². The molecule has 14 unspecified atom stereocenters. The predicted octanol–water partition coefficient (Wildman–Crippen LogP) is 8.85. The molecule has 0 spiro atoms. The summed E-state index contributed by atoms with van der Waals surface area (Å²) in [5.41, 5.74) is 5.29. The molecule has 14 atom stereocenters. The molecule has 0 aromatic heterocycles.